The highest BCUT2D eigenvalue weighted by Crippen LogP contribution is 2.38. The molecule has 1 unspecified atom stereocenters. The number of fused-ring (bicyclic) bond motifs is 1. The quantitative estimate of drug-likeness (QED) is 0.695. The van der Waals surface area contributed by atoms with Crippen molar-refractivity contribution in [2.45, 2.75) is 38.5 Å². The van der Waals surface area contributed by atoms with Crippen LogP contribution in [0.4, 0.5) is 5.69 Å². The van der Waals surface area contributed by atoms with Crippen LogP contribution >= 0.6 is 11.6 Å². The van der Waals surface area contributed by atoms with Crippen molar-refractivity contribution in [1.82, 2.24) is 14.6 Å². The molecule has 5 nitrogen and oxygen atoms in total. The summed E-state index contributed by atoms with van der Waals surface area (Å²) in [6.07, 6.45) is 7.89. The Hall–Kier alpha value is -2.40. The molecular weight excluding hydrogens is 360 g/mol. The van der Waals surface area contributed by atoms with Gasteiger partial charge in [0.2, 0.25) is 5.91 Å². The second-order valence-corrected chi connectivity index (χ2v) is 7.80. The summed E-state index contributed by atoms with van der Waals surface area (Å²) in [5.41, 5.74) is 2.91. The van der Waals surface area contributed by atoms with Gasteiger partial charge in [0.25, 0.3) is 0 Å². The van der Waals surface area contributed by atoms with E-state index in [9.17, 15) is 4.79 Å². The van der Waals surface area contributed by atoms with Crippen molar-refractivity contribution in [2.24, 2.45) is 11.8 Å². The van der Waals surface area contributed by atoms with Crippen LogP contribution in [0.1, 0.15) is 44.2 Å². The fourth-order valence-electron chi connectivity index (χ4n) is 4.08. The van der Waals surface area contributed by atoms with Gasteiger partial charge in [-0.3, -0.25) is 4.79 Å². The minimum Gasteiger partial charge on any atom is -0.326 e. The molecule has 0 bridgehead atoms. The number of anilines is 1. The van der Waals surface area contributed by atoms with Gasteiger partial charge in [-0.2, -0.15) is 5.10 Å². The van der Waals surface area contributed by atoms with E-state index in [4.69, 9.17) is 11.6 Å². The largest absolute Gasteiger partial charge is 0.326 e. The van der Waals surface area contributed by atoms with Gasteiger partial charge >= 0.3 is 0 Å². The van der Waals surface area contributed by atoms with Crippen LogP contribution in [0.3, 0.4) is 0 Å². The smallest absolute Gasteiger partial charge is 0.227 e. The molecule has 140 valence electrons. The molecule has 1 fully saturated rings. The van der Waals surface area contributed by atoms with Crippen LogP contribution in [0.2, 0.25) is 5.02 Å². The van der Waals surface area contributed by atoms with E-state index in [0.717, 1.165) is 37.0 Å². The van der Waals surface area contributed by atoms with E-state index in [1.165, 1.54) is 5.69 Å². The van der Waals surface area contributed by atoms with Gasteiger partial charge < -0.3 is 5.32 Å². The first kappa shape index (κ1) is 18.0. The van der Waals surface area contributed by atoms with Crippen molar-refractivity contribution in [2.75, 3.05) is 5.32 Å². The maximum Gasteiger partial charge on any atom is 0.227 e. The molecule has 6 heteroatoms. The first-order chi connectivity index (χ1) is 13.1. The Bertz CT molecular complexity index is 929. The molecule has 1 atom stereocenters. The molecule has 0 saturated heterocycles. The van der Waals surface area contributed by atoms with Crippen molar-refractivity contribution < 1.29 is 4.79 Å². The number of nitrogens with one attached hydrogen (secondary N) is 1. The van der Waals surface area contributed by atoms with Crippen LogP contribution < -0.4 is 5.32 Å². The third-order valence-electron chi connectivity index (χ3n) is 5.74. The van der Waals surface area contributed by atoms with E-state index < -0.39 is 0 Å². The molecule has 1 saturated carbocycles. The van der Waals surface area contributed by atoms with Crippen LogP contribution in [0.15, 0.2) is 48.8 Å². The fourth-order valence-corrected chi connectivity index (χ4v) is 4.21. The summed E-state index contributed by atoms with van der Waals surface area (Å²) in [4.78, 5) is 17.0. The van der Waals surface area contributed by atoms with Crippen molar-refractivity contribution >= 4 is 28.8 Å². The van der Waals surface area contributed by atoms with Gasteiger partial charge in [0.15, 0.2) is 5.65 Å². The predicted octanol–water partition coefficient (Wildman–Crippen LogP) is 4.93. The summed E-state index contributed by atoms with van der Waals surface area (Å²) in [5.74, 6) is 0.949. The van der Waals surface area contributed by atoms with Crippen molar-refractivity contribution in [3.8, 4) is 0 Å². The molecule has 27 heavy (non-hydrogen) atoms. The molecule has 0 spiro atoms. The van der Waals surface area contributed by atoms with Crippen molar-refractivity contribution in [1.29, 1.82) is 0 Å². The molecule has 0 radical (unpaired) electrons. The lowest BCUT2D eigenvalue weighted by molar-refractivity contribution is -0.121. The van der Waals surface area contributed by atoms with Crippen molar-refractivity contribution in [3.63, 3.8) is 0 Å². The molecule has 1 aromatic carbocycles. The third-order valence-corrected chi connectivity index (χ3v) is 5.99. The first-order valence-electron chi connectivity index (χ1n) is 9.47. The number of aromatic nitrogens is 3. The Balaban J connectivity index is 1.37. The third kappa shape index (κ3) is 3.83. The van der Waals surface area contributed by atoms with Gasteiger partial charge in [-0.05, 0) is 61.9 Å². The zero-order chi connectivity index (χ0) is 18.8. The number of rotatable bonds is 4. The van der Waals surface area contributed by atoms with Gasteiger partial charge in [-0.15, -0.1) is 0 Å². The van der Waals surface area contributed by atoms with Gasteiger partial charge in [-0.1, -0.05) is 18.5 Å². The Morgan fingerprint density at radius 2 is 1.85 bits per heavy atom. The lowest BCUT2D eigenvalue weighted by Crippen LogP contribution is -2.29. The Morgan fingerprint density at radius 3 is 2.59 bits per heavy atom. The number of carbonyl (C=O) groups is 1. The summed E-state index contributed by atoms with van der Waals surface area (Å²) in [6.45, 7) is 2.04. The lowest BCUT2D eigenvalue weighted by atomic mass is 9.75. The maximum atomic E-state index is 12.6. The number of benzene rings is 1. The normalized spacial score (nSPS) is 21.1. The summed E-state index contributed by atoms with van der Waals surface area (Å²) in [7, 11) is 0. The summed E-state index contributed by atoms with van der Waals surface area (Å²) >= 11 is 5.90. The number of halogens is 1. The van der Waals surface area contributed by atoms with Crippen LogP contribution in [0, 0.1) is 11.8 Å². The van der Waals surface area contributed by atoms with Crippen LogP contribution in [0.5, 0.6) is 0 Å². The zero-order valence-corrected chi connectivity index (χ0v) is 16.1. The molecule has 1 aliphatic carbocycles. The Morgan fingerprint density at radius 1 is 1.11 bits per heavy atom. The average molecular weight is 383 g/mol. The maximum absolute atomic E-state index is 12.6. The standard InChI is InChI=1S/C21H23ClN4O/c1-14(21(27)25-18-8-6-17(22)7-9-18)15-2-4-16(5-3-15)19-10-12-23-20-11-13-24-26(19)20/h6-16H,2-5H2,1H3,(H,25,27)/t14?,15-,16+. The zero-order valence-electron chi connectivity index (χ0n) is 15.3. The average Bonchev–Trinajstić information content (AvgIpc) is 3.18. The molecule has 1 amide bonds. The van der Waals surface area contributed by atoms with Crippen LogP contribution in [0.25, 0.3) is 5.65 Å². The SMILES string of the molecule is CC(C(=O)Nc1ccc(Cl)cc1)[C@H]1CC[C@@H](c2ccnc3ccnn32)CC1. The highest BCUT2D eigenvalue weighted by Gasteiger charge is 2.30. The van der Waals surface area contributed by atoms with Gasteiger partial charge in [0.05, 0.1) is 6.20 Å². The molecule has 1 aliphatic rings. The molecular formula is C21H23ClN4O. The van der Waals surface area contributed by atoms with E-state index >= 15 is 0 Å². The van der Waals surface area contributed by atoms with Gasteiger partial charge in [-0.25, -0.2) is 9.50 Å². The van der Waals surface area contributed by atoms with Crippen LogP contribution in [-0.4, -0.2) is 20.5 Å². The highest BCUT2D eigenvalue weighted by atomic mass is 35.5. The van der Waals surface area contributed by atoms with E-state index in [2.05, 4.69) is 21.5 Å². The van der Waals surface area contributed by atoms with E-state index in [0.29, 0.717) is 16.9 Å². The first-order valence-corrected chi connectivity index (χ1v) is 9.84. The summed E-state index contributed by atoms with van der Waals surface area (Å²) in [6, 6.07) is 11.3. The molecule has 0 aliphatic heterocycles. The minimum atomic E-state index is -0.0104. The predicted molar refractivity (Wildman–Crippen MR) is 107 cm³/mol. The molecule has 1 N–H and O–H groups in total. The number of hydrogen-bond donors (Lipinski definition) is 1. The second-order valence-electron chi connectivity index (χ2n) is 7.37. The van der Waals surface area contributed by atoms with E-state index in [1.807, 2.05) is 35.8 Å². The molecule has 2 aromatic heterocycles. The molecule has 2 heterocycles. The topological polar surface area (TPSA) is 59.3 Å². The number of amides is 1. The van der Waals surface area contributed by atoms with E-state index in [1.54, 1.807) is 18.3 Å². The molecule has 3 aromatic rings. The Kier molecular flexibility index (Phi) is 5.12. The van der Waals surface area contributed by atoms with Crippen LogP contribution in [-0.2, 0) is 4.79 Å². The summed E-state index contributed by atoms with van der Waals surface area (Å²) in [5, 5.41) is 8.09. The monoisotopic (exact) mass is 382 g/mol. The van der Waals surface area contributed by atoms with Gasteiger partial charge in [0.1, 0.15) is 0 Å². The highest BCUT2D eigenvalue weighted by molar-refractivity contribution is 6.30. The number of carbonyl (C=O) groups excluding carboxylic acids is 1. The second kappa shape index (κ2) is 7.69. The minimum absolute atomic E-state index is 0.0104. The number of nitrogens with zero attached hydrogens (tertiary/aromatic N) is 3. The molecule has 4 rings (SSSR count). The van der Waals surface area contributed by atoms with E-state index in [-0.39, 0.29) is 11.8 Å². The fraction of sp³-hybridized carbons (Fsp3) is 0.381. The van der Waals surface area contributed by atoms with Gasteiger partial charge in [0, 0.05) is 40.5 Å². The Labute approximate surface area is 163 Å². The summed E-state index contributed by atoms with van der Waals surface area (Å²) < 4.78 is 1.95. The van der Waals surface area contributed by atoms with Crippen molar-refractivity contribution in [3.05, 3.63) is 59.5 Å². The number of hydrogen-bond acceptors (Lipinski definition) is 3. The lowest BCUT2D eigenvalue weighted by Gasteiger charge is -2.32.